The Morgan fingerprint density at radius 2 is 2.00 bits per heavy atom. The number of aromatic amines is 1. The van der Waals surface area contributed by atoms with Gasteiger partial charge in [-0.2, -0.15) is 5.10 Å². The summed E-state index contributed by atoms with van der Waals surface area (Å²) in [6.07, 6.45) is 3.14. The molecule has 2 aromatic carbocycles. The van der Waals surface area contributed by atoms with Gasteiger partial charge in [0.25, 0.3) is 5.91 Å². The summed E-state index contributed by atoms with van der Waals surface area (Å²) in [7, 11) is 0. The number of amides is 1. The molecule has 0 radical (unpaired) electrons. The van der Waals surface area contributed by atoms with Crippen LogP contribution in [0.4, 0.5) is 0 Å². The maximum Gasteiger partial charge on any atom is 0.273 e. The number of benzene rings is 2. The molecule has 110 valence electrons. The number of carbonyl (C=O) groups is 1. The minimum absolute atomic E-state index is 0.293. The standard InChI is InChI=1S/C16H11Cl2N3O/c17-11-6-5-10(14(18)7-11)8-20-21-16(22)13-9-19-15-4-2-1-3-12(13)15/h1-9,19H,(H,21,22)/b20-8-. The van der Waals surface area contributed by atoms with Gasteiger partial charge >= 0.3 is 0 Å². The van der Waals surface area contributed by atoms with Crippen LogP contribution in [0.1, 0.15) is 15.9 Å². The van der Waals surface area contributed by atoms with E-state index >= 15 is 0 Å². The van der Waals surface area contributed by atoms with Crippen LogP contribution in [0, 0.1) is 0 Å². The molecule has 0 fully saturated rings. The third-order valence-electron chi connectivity index (χ3n) is 3.17. The van der Waals surface area contributed by atoms with Crippen molar-refractivity contribution in [1.82, 2.24) is 10.4 Å². The Balaban J connectivity index is 1.76. The highest BCUT2D eigenvalue weighted by molar-refractivity contribution is 6.36. The van der Waals surface area contributed by atoms with Crippen molar-refractivity contribution in [2.45, 2.75) is 0 Å². The van der Waals surface area contributed by atoms with Crippen molar-refractivity contribution in [3.63, 3.8) is 0 Å². The fraction of sp³-hybridized carbons (Fsp3) is 0. The van der Waals surface area contributed by atoms with E-state index in [0.29, 0.717) is 21.2 Å². The van der Waals surface area contributed by atoms with Crippen LogP contribution in [0.3, 0.4) is 0 Å². The monoisotopic (exact) mass is 331 g/mol. The highest BCUT2D eigenvalue weighted by atomic mass is 35.5. The average molecular weight is 332 g/mol. The van der Waals surface area contributed by atoms with Gasteiger partial charge in [-0.15, -0.1) is 0 Å². The summed E-state index contributed by atoms with van der Waals surface area (Å²) in [5.74, 6) is -0.293. The van der Waals surface area contributed by atoms with Gasteiger partial charge in [0.15, 0.2) is 0 Å². The van der Waals surface area contributed by atoms with Crippen LogP contribution in [0.5, 0.6) is 0 Å². The average Bonchev–Trinajstić information content (AvgIpc) is 2.93. The second-order valence-electron chi connectivity index (χ2n) is 4.61. The predicted molar refractivity (Wildman–Crippen MR) is 89.8 cm³/mol. The van der Waals surface area contributed by atoms with Crippen LogP contribution >= 0.6 is 23.2 Å². The van der Waals surface area contributed by atoms with Gasteiger partial charge in [-0.25, -0.2) is 5.43 Å². The van der Waals surface area contributed by atoms with E-state index in [4.69, 9.17) is 23.2 Å². The third-order valence-corrected chi connectivity index (χ3v) is 3.73. The number of nitrogens with zero attached hydrogens (tertiary/aromatic N) is 1. The molecule has 4 nitrogen and oxygen atoms in total. The third kappa shape index (κ3) is 2.98. The Labute approximate surface area is 136 Å². The smallest absolute Gasteiger partial charge is 0.273 e. The molecule has 3 aromatic rings. The molecule has 0 saturated carbocycles. The zero-order valence-electron chi connectivity index (χ0n) is 11.3. The van der Waals surface area contributed by atoms with Crippen molar-refractivity contribution in [1.29, 1.82) is 0 Å². The fourth-order valence-corrected chi connectivity index (χ4v) is 2.54. The normalized spacial score (nSPS) is 11.2. The first kappa shape index (κ1) is 14.6. The predicted octanol–water partition coefficient (Wildman–Crippen LogP) is 4.24. The lowest BCUT2D eigenvalue weighted by atomic mass is 10.2. The molecule has 1 amide bonds. The molecule has 1 heterocycles. The number of halogens is 2. The van der Waals surface area contributed by atoms with Gasteiger partial charge in [0.05, 0.1) is 16.8 Å². The lowest BCUT2D eigenvalue weighted by molar-refractivity contribution is 0.0957. The van der Waals surface area contributed by atoms with Gasteiger partial charge in [-0.1, -0.05) is 47.5 Å². The first-order valence-electron chi connectivity index (χ1n) is 6.50. The number of nitrogens with one attached hydrogen (secondary N) is 2. The van der Waals surface area contributed by atoms with E-state index in [9.17, 15) is 4.79 Å². The van der Waals surface area contributed by atoms with Crippen LogP contribution in [0.15, 0.2) is 53.8 Å². The summed E-state index contributed by atoms with van der Waals surface area (Å²) in [6, 6.07) is 12.6. The van der Waals surface area contributed by atoms with E-state index < -0.39 is 0 Å². The minimum atomic E-state index is -0.293. The molecular weight excluding hydrogens is 321 g/mol. The number of para-hydroxylation sites is 1. The summed E-state index contributed by atoms with van der Waals surface area (Å²) in [4.78, 5) is 15.2. The van der Waals surface area contributed by atoms with Crippen molar-refractivity contribution in [3.8, 4) is 0 Å². The minimum Gasteiger partial charge on any atom is -0.360 e. The van der Waals surface area contributed by atoms with Gasteiger partial charge in [0.1, 0.15) is 0 Å². The molecule has 0 bridgehead atoms. The maximum absolute atomic E-state index is 12.2. The van der Waals surface area contributed by atoms with Gasteiger partial charge in [0, 0.05) is 27.7 Å². The Morgan fingerprint density at radius 1 is 1.18 bits per heavy atom. The molecule has 22 heavy (non-hydrogen) atoms. The molecular formula is C16H11Cl2N3O. The highest BCUT2D eigenvalue weighted by Gasteiger charge is 2.10. The first-order chi connectivity index (χ1) is 10.6. The maximum atomic E-state index is 12.2. The number of hydrazone groups is 1. The lowest BCUT2D eigenvalue weighted by Crippen LogP contribution is -2.17. The SMILES string of the molecule is O=C(N/N=C\c1ccc(Cl)cc1Cl)c1c[nH]c2ccccc12. The number of hydrogen-bond donors (Lipinski definition) is 2. The van der Waals surface area contributed by atoms with Gasteiger partial charge in [-0.05, 0) is 18.2 Å². The number of rotatable bonds is 3. The molecule has 0 atom stereocenters. The van der Waals surface area contributed by atoms with Crippen molar-refractivity contribution in [2.24, 2.45) is 5.10 Å². The topological polar surface area (TPSA) is 57.2 Å². The van der Waals surface area contributed by atoms with Gasteiger partial charge < -0.3 is 4.98 Å². The molecule has 0 aliphatic heterocycles. The van der Waals surface area contributed by atoms with Gasteiger partial charge in [-0.3, -0.25) is 4.79 Å². The quantitative estimate of drug-likeness (QED) is 0.547. The second kappa shape index (κ2) is 6.22. The number of H-pyrrole nitrogens is 1. The summed E-state index contributed by atoms with van der Waals surface area (Å²) in [6.45, 7) is 0. The molecule has 6 heteroatoms. The van der Waals surface area contributed by atoms with E-state index in [1.807, 2.05) is 24.3 Å². The van der Waals surface area contributed by atoms with E-state index in [2.05, 4.69) is 15.5 Å². The summed E-state index contributed by atoms with van der Waals surface area (Å²) < 4.78 is 0. The molecule has 2 N–H and O–H groups in total. The van der Waals surface area contributed by atoms with Crippen LogP contribution < -0.4 is 5.43 Å². The van der Waals surface area contributed by atoms with Crippen molar-refractivity contribution >= 4 is 46.2 Å². The Kier molecular flexibility index (Phi) is 4.13. The molecule has 3 rings (SSSR count). The zero-order chi connectivity index (χ0) is 15.5. The van der Waals surface area contributed by atoms with Crippen LogP contribution in [-0.2, 0) is 0 Å². The number of carbonyl (C=O) groups excluding carboxylic acids is 1. The summed E-state index contributed by atoms with van der Waals surface area (Å²) >= 11 is 11.9. The number of hydrogen-bond acceptors (Lipinski definition) is 2. The van der Waals surface area contributed by atoms with E-state index in [0.717, 1.165) is 10.9 Å². The molecule has 0 saturated heterocycles. The van der Waals surface area contributed by atoms with Crippen LogP contribution in [0.25, 0.3) is 10.9 Å². The number of fused-ring (bicyclic) bond motifs is 1. The van der Waals surface area contributed by atoms with E-state index in [1.54, 1.807) is 24.4 Å². The first-order valence-corrected chi connectivity index (χ1v) is 7.25. The zero-order valence-corrected chi connectivity index (χ0v) is 12.8. The lowest BCUT2D eigenvalue weighted by Gasteiger charge is -2.00. The summed E-state index contributed by atoms with van der Waals surface area (Å²) in [5.41, 5.74) is 4.60. The Bertz CT molecular complexity index is 871. The highest BCUT2D eigenvalue weighted by Crippen LogP contribution is 2.19. The molecule has 0 spiro atoms. The van der Waals surface area contributed by atoms with Gasteiger partial charge in [0.2, 0.25) is 0 Å². The molecule has 0 unspecified atom stereocenters. The van der Waals surface area contributed by atoms with Crippen LogP contribution in [-0.4, -0.2) is 17.1 Å². The fourth-order valence-electron chi connectivity index (χ4n) is 2.09. The van der Waals surface area contributed by atoms with Crippen molar-refractivity contribution < 1.29 is 4.79 Å². The van der Waals surface area contributed by atoms with Crippen molar-refractivity contribution in [2.75, 3.05) is 0 Å². The Morgan fingerprint density at radius 3 is 2.82 bits per heavy atom. The second-order valence-corrected chi connectivity index (χ2v) is 5.46. The molecule has 0 aliphatic carbocycles. The Hall–Kier alpha value is -2.30. The molecule has 1 aromatic heterocycles. The van der Waals surface area contributed by atoms with E-state index in [1.165, 1.54) is 6.21 Å². The summed E-state index contributed by atoms with van der Waals surface area (Å²) in [5, 5.41) is 5.79. The largest absolute Gasteiger partial charge is 0.360 e. The van der Waals surface area contributed by atoms with Crippen molar-refractivity contribution in [3.05, 3.63) is 69.8 Å². The molecule has 0 aliphatic rings. The van der Waals surface area contributed by atoms with Crippen LogP contribution in [0.2, 0.25) is 10.0 Å². The van der Waals surface area contributed by atoms with E-state index in [-0.39, 0.29) is 5.91 Å². The number of aromatic nitrogens is 1.